The number of nitrogens with zero attached hydrogens (tertiary/aromatic N) is 4. The zero-order valence-corrected chi connectivity index (χ0v) is 17.6. The van der Waals surface area contributed by atoms with Gasteiger partial charge in [0.1, 0.15) is 5.01 Å². The number of hydrogen-bond acceptors (Lipinski definition) is 10. The fourth-order valence-electron chi connectivity index (χ4n) is 2.22. The normalized spacial score (nSPS) is 11.4. The quantitative estimate of drug-likeness (QED) is 0.405. The third kappa shape index (κ3) is 5.60. The molecule has 3 aromatic rings. The first-order valence-corrected chi connectivity index (χ1v) is 11.1. The van der Waals surface area contributed by atoms with Crippen molar-refractivity contribution in [2.45, 2.75) is 17.2 Å². The number of Topliss-reactive ketones (excluding diaryl/α,β-unsaturated/α-hetero) is 1. The molecule has 29 heavy (non-hydrogen) atoms. The topological polar surface area (TPSA) is 118 Å². The number of carbonyl (C=O) groups excluding carboxylic acids is 2. The van der Waals surface area contributed by atoms with E-state index in [-0.39, 0.29) is 23.3 Å². The van der Waals surface area contributed by atoms with Gasteiger partial charge in [-0.1, -0.05) is 53.4 Å². The Balaban J connectivity index is 1.60. The first-order valence-electron chi connectivity index (χ1n) is 8.44. The van der Waals surface area contributed by atoms with E-state index in [9.17, 15) is 14.9 Å². The molecule has 0 aliphatic rings. The molecule has 0 fully saturated rings. The summed E-state index contributed by atoms with van der Waals surface area (Å²) in [6.07, 6.45) is -0.612. The molecule has 148 valence electrons. The Morgan fingerprint density at radius 3 is 2.83 bits per heavy atom. The average molecular weight is 446 g/mol. The van der Waals surface area contributed by atoms with Crippen molar-refractivity contribution in [3.63, 3.8) is 0 Å². The van der Waals surface area contributed by atoms with Crippen LogP contribution in [0.2, 0.25) is 0 Å². The minimum Gasteiger partial charge on any atom is -0.450 e. The van der Waals surface area contributed by atoms with Crippen molar-refractivity contribution < 1.29 is 14.3 Å². The third-order valence-electron chi connectivity index (χ3n) is 3.52. The molecule has 0 bridgehead atoms. The highest BCUT2D eigenvalue weighted by Crippen LogP contribution is 2.30. The molecule has 1 aromatic carbocycles. The molecule has 1 amide bonds. The second-order valence-electron chi connectivity index (χ2n) is 5.47. The molecule has 11 heteroatoms. The number of nitriles is 1. The monoisotopic (exact) mass is 445 g/mol. The Bertz CT molecular complexity index is 1030. The van der Waals surface area contributed by atoms with E-state index in [1.807, 2.05) is 41.8 Å². The summed E-state index contributed by atoms with van der Waals surface area (Å²) in [6.45, 7) is 1.95. The fourth-order valence-corrected chi connectivity index (χ4v) is 4.75. The average Bonchev–Trinajstić information content (AvgIpc) is 3.38. The third-order valence-corrected chi connectivity index (χ3v) is 6.42. The molecule has 1 atom stereocenters. The lowest BCUT2D eigenvalue weighted by atomic mass is 10.1. The Morgan fingerprint density at radius 1 is 1.31 bits per heavy atom. The number of nitrogens with one attached hydrogen (secondary N) is 1. The van der Waals surface area contributed by atoms with Gasteiger partial charge in [-0.2, -0.15) is 5.26 Å². The molecule has 2 aromatic heterocycles. The van der Waals surface area contributed by atoms with Crippen LogP contribution in [0.4, 0.5) is 9.93 Å². The van der Waals surface area contributed by atoms with Crippen LogP contribution in [0.25, 0.3) is 11.3 Å². The smallest absolute Gasteiger partial charge is 0.413 e. The number of anilines is 1. The van der Waals surface area contributed by atoms with Gasteiger partial charge in [-0.15, -0.1) is 21.5 Å². The first-order chi connectivity index (χ1) is 14.1. The van der Waals surface area contributed by atoms with Crippen molar-refractivity contribution in [2.75, 3.05) is 17.7 Å². The van der Waals surface area contributed by atoms with Crippen molar-refractivity contribution in [3.05, 3.63) is 40.7 Å². The van der Waals surface area contributed by atoms with Crippen LogP contribution in [0.5, 0.6) is 0 Å². The van der Waals surface area contributed by atoms with Gasteiger partial charge in [-0.05, 0) is 6.92 Å². The molecule has 0 saturated heterocycles. The van der Waals surface area contributed by atoms with Crippen molar-refractivity contribution in [3.8, 4) is 17.3 Å². The lowest BCUT2D eigenvalue weighted by Gasteiger charge is -2.03. The molecule has 2 heterocycles. The van der Waals surface area contributed by atoms with E-state index in [1.165, 1.54) is 11.3 Å². The predicted octanol–water partition coefficient (Wildman–Crippen LogP) is 4.20. The SMILES string of the molecule is CCOC(=O)Nc1nnc(SCC(=O)C(C#N)c2nc(-c3ccccc3)cs2)s1. The van der Waals surface area contributed by atoms with Crippen LogP contribution in [0, 0.1) is 11.3 Å². The highest BCUT2D eigenvalue weighted by atomic mass is 32.2. The number of thioether (sulfide) groups is 1. The molecule has 0 radical (unpaired) electrons. The van der Waals surface area contributed by atoms with Gasteiger partial charge in [0, 0.05) is 10.9 Å². The van der Waals surface area contributed by atoms with Gasteiger partial charge in [-0.25, -0.2) is 9.78 Å². The second kappa shape index (κ2) is 10.1. The van der Waals surface area contributed by atoms with Crippen LogP contribution in [0.15, 0.2) is 40.1 Å². The molecule has 1 unspecified atom stereocenters. The van der Waals surface area contributed by atoms with E-state index in [0.717, 1.165) is 34.4 Å². The minimum absolute atomic E-state index is 0.0481. The van der Waals surface area contributed by atoms with E-state index in [1.54, 1.807) is 6.92 Å². The molecule has 3 rings (SSSR count). The maximum Gasteiger partial charge on any atom is 0.413 e. The largest absolute Gasteiger partial charge is 0.450 e. The van der Waals surface area contributed by atoms with E-state index in [2.05, 4.69) is 20.5 Å². The van der Waals surface area contributed by atoms with Gasteiger partial charge in [0.2, 0.25) is 5.13 Å². The van der Waals surface area contributed by atoms with Gasteiger partial charge < -0.3 is 4.74 Å². The summed E-state index contributed by atoms with van der Waals surface area (Å²) in [7, 11) is 0. The number of thiazole rings is 1. The highest BCUT2D eigenvalue weighted by Gasteiger charge is 2.24. The van der Waals surface area contributed by atoms with Crippen LogP contribution in [-0.4, -0.2) is 39.4 Å². The van der Waals surface area contributed by atoms with E-state index < -0.39 is 12.0 Å². The fraction of sp³-hybridized carbons (Fsp3) is 0.222. The summed E-state index contributed by atoms with van der Waals surface area (Å²) in [4.78, 5) is 28.4. The van der Waals surface area contributed by atoms with Gasteiger partial charge in [-0.3, -0.25) is 10.1 Å². The first kappa shape index (κ1) is 20.9. The van der Waals surface area contributed by atoms with Crippen LogP contribution in [0.1, 0.15) is 17.8 Å². The van der Waals surface area contributed by atoms with Crippen LogP contribution >= 0.6 is 34.4 Å². The predicted molar refractivity (Wildman–Crippen MR) is 112 cm³/mol. The van der Waals surface area contributed by atoms with Crippen LogP contribution < -0.4 is 5.32 Å². The zero-order valence-electron chi connectivity index (χ0n) is 15.2. The van der Waals surface area contributed by atoms with Gasteiger partial charge in [0.15, 0.2) is 16.0 Å². The number of amides is 1. The van der Waals surface area contributed by atoms with E-state index >= 15 is 0 Å². The van der Waals surface area contributed by atoms with Crippen molar-refractivity contribution in [1.82, 2.24) is 15.2 Å². The number of hydrogen-bond donors (Lipinski definition) is 1. The number of rotatable bonds is 8. The van der Waals surface area contributed by atoms with Gasteiger partial charge in [0.25, 0.3) is 0 Å². The Hall–Kier alpha value is -2.81. The van der Waals surface area contributed by atoms with Crippen molar-refractivity contribution in [1.29, 1.82) is 5.26 Å². The van der Waals surface area contributed by atoms with Crippen LogP contribution in [0.3, 0.4) is 0 Å². The molecule has 0 aliphatic carbocycles. The number of aromatic nitrogens is 3. The minimum atomic E-state index is -0.935. The Kier molecular flexibility index (Phi) is 7.29. The highest BCUT2D eigenvalue weighted by molar-refractivity contribution is 8.01. The van der Waals surface area contributed by atoms with Crippen molar-refractivity contribution >= 4 is 51.4 Å². The number of ketones is 1. The van der Waals surface area contributed by atoms with Crippen LogP contribution in [-0.2, 0) is 9.53 Å². The summed E-state index contributed by atoms with van der Waals surface area (Å²) >= 11 is 3.58. The Morgan fingerprint density at radius 2 is 2.10 bits per heavy atom. The van der Waals surface area contributed by atoms with Crippen molar-refractivity contribution in [2.24, 2.45) is 0 Å². The summed E-state index contributed by atoms with van der Waals surface area (Å²) in [5.74, 6) is -1.15. The maximum absolute atomic E-state index is 12.6. The van der Waals surface area contributed by atoms with E-state index in [0.29, 0.717) is 9.35 Å². The van der Waals surface area contributed by atoms with Gasteiger partial charge in [0.05, 0.1) is 24.1 Å². The molecule has 0 aliphatic heterocycles. The standard InChI is InChI=1S/C18H15N5O3S3/c1-2-26-17(25)21-16-22-23-18(29-16)28-10-14(24)12(8-19)15-20-13(9-27-15)11-6-4-3-5-7-11/h3-7,9,12H,2,10H2,1H3,(H,21,22,25). The molecule has 8 nitrogen and oxygen atoms in total. The molecule has 1 N–H and O–H groups in total. The number of ether oxygens (including phenoxy) is 1. The zero-order chi connectivity index (χ0) is 20.6. The molecule has 0 saturated carbocycles. The summed E-state index contributed by atoms with van der Waals surface area (Å²) in [6, 6.07) is 11.6. The number of benzene rings is 1. The molecular formula is C18H15N5O3S3. The summed E-state index contributed by atoms with van der Waals surface area (Å²) in [5.41, 5.74) is 1.68. The second-order valence-corrected chi connectivity index (χ2v) is 8.56. The Labute approximate surface area is 179 Å². The molecular weight excluding hydrogens is 430 g/mol. The lowest BCUT2D eigenvalue weighted by molar-refractivity contribution is -0.116. The number of carbonyl (C=O) groups is 2. The van der Waals surface area contributed by atoms with E-state index in [4.69, 9.17) is 4.74 Å². The lowest BCUT2D eigenvalue weighted by Crippen LogP contribution is -2.13. The summed E-state index contributed by atoms with van der Waals surface area (Å²) < 4.78 is 5.27. The van der Waals surface area contributed by atoms with Gasteiger partial charge >= 0.3 is 6.09 Å². The molecule has 0 spiro atoms. The maximum atomic E-state index is 12.6. The summed E-state index contributed by atoms with van der Waals surface area (Å²) in [5, 5.41) is 22.3.